The van der Waals surface area contributed by atoms with Crippen LogP contribution in [0.2, 0.25) is 0 Å². The molecule has 0 radical (unpaired) electrons. The number of nitrogens with zero attached hydrogens (tertiary/aromatic N) is 2. The second-order valence-corrected chi connectivity index (χ2v) is 4.73. The van der Waals surface area contributed by atoms with Crippen molar-refractivity contribution in [2.45, 2.75) is 12.3 Å². The van der Waals surface area contributed by atoms with Crippen LogP contribution in [0.5, 0.6) is 0 Å². The molecule has 1 N–H and O–H groups in total. The number of carbonyl (C=O) groups is 1. The number of nitrogens with one attached hydrogen (secondary N) is 1. The van der Waals surface area contributed by atoms with Crippen molar-refractivity contribution in [3.8, 4) is 0 Å². The Hall–Kier alpha value is -1.24. The Morgan fingerprint density at radius 1 is 1.53 bits per heavy atom. The zero-order valence-electron chi connectivity index (χ0n) is 8.79. The van der Waals surface area contributed by atoms with E-state index in [0.29, 0.717) is 5.82 Å². The fourth-order valence-corrected chi connectivity index (χ4v) is 1.78. The first-order valence-electron chi connectivity index (χ1n) is 5.02. The maximum absolute atomic E-state index is 12.9. The molecule has 1 aromatic heterocycles. The van der Waals surface area contributed by atoms with E-state index in [1.165, 1.54) is 6.20 Å². The molecule has 2 heterocycles. The number of carbonyl (C=O) groups excluding carboxylic acids is 1. The van der Waals surface area contributed by atoms with Crippen LogP contribution in [0.4, 0.5) is 19.4 Å². The zero-order chi connectivity index (χ0) is 12.5. The van der Waals surface area contributed by atoms with E-state index in [-0.39, 0.29) is 13.0 Å². The number of urea groups is 1. The second-order valence-electron chi connectivity index (χ2n) is 3.82. The van der Waals surface area contributed by atoms with E-state index in [1.54, 1.807) is 12.1 Å². The van der Waals surface area contributed by atoms with Gasteiger partial charge >= 0.3 is 6.03 Å². The second kappa shape index (κ2) is 4.56. The van der Waals surface area contributed by atoms with E-state index in [1.807, 2.05) is 0 Å². The summed E-state index contributed by atoms with van der Waals surface area (Å²) in [5, 5.41) is 2.47. The van der Waals surface area contributed by atoms with Crippen LogP contribution in [0.25, 0.3) is 0 Å². The van der Waals surface area contributed by atoms with Crippen LogP contribution < -0.4 is 5.32 Å². The molecule has 1 aliphatic heterocycles. The van der Waals surface area contributed by atoms with Crippen molar-refractivity contribution < 1.29 is 13.6 Å². The van der Waals surface area contributed by atoms with Crippen LogP contribution in [-0.2, 0) is 0 Å². The molecule has 4 nitrogen and oxygen atoms in total. The van der Waals surface area contributed by atoms with Crippen molar-refractivity contribution in [3.63, 3.8) is 0 Å². The topological polar surface area (TPSA) is 45.2 Å². The molecular weight excluding hydrogens is 296 g/mol. The van der Waals surface area contributed by atoms with Gasteiger partial charge in [0.05, 0.1) is 6.54 Å². The van der Waals surface area contributed by atoms with Crippen molar-refractivity contribution in [2.75, 3.05) is 18.4 Å². The zero-order valence-corrected chi connectivity index (χ0v) is 10.4. The summed E-state index contributed by atoms with van der Waals surface area (Å²) in [5.74, 6) is -2.43. The van der Waals surface area contributed by atoms with Crippen molar-refractivity contribution in [1.82, 2.24) is 9.88 Å². The van der Waals surface area contributed by atoms with Gasteiger partial charge in [-0.2, -0.15) is 0 Å². The maximum Gasteiger partial charge on any atom is 0.323 e. The number of alkyl halides is 2. The third-order valence-electron chi connectivity index (χ3n) is 2.42. The molecule has 17 heavy (non-hydrogen) atoms. The van der Waals surface area contributed by atoms with Gasteiger partial charge in [-0.3, -0.25) is 5.32 Å². The van der Waals surface area contributed by atoms with E-state index in [9.17, 15) is 13.6 Å². The van der Waals surface area contributed by atoms with Crippen LogP contribution in [0, 0.1) is 0 Å². The van der Waals surface area contributed by atoms with Crippen molar-refractivity contribution in [3.05, 3.63) is 22.8 Å². The fourth-order valence-electron chi connectivity index (χ4n) is 1.55. The molecule has 0 spiro atoms. The predicted molar refractivity (Wildman–Crippen MR) is 62.1 cm³/mol. The Bertz CT molecular complexity index is 424. The number of rotatable bonds is 1. The average Bonchev–Trinajstić information content (AvgIpc) is 2.62. The highest BCUT2D eigenvalue weighted by atomic mass is 79.9. The summed E-state index contributed by atoms with van der Waals surface area (Å²) >= 11 is 3.21. The number of pyridine rings is 1. The quantitative estimate of drug-likeness (QED) is 0.867. The Kier molecular flexibility index (Phi) is 3.28. The summed E-state index contributed by atoms with van der Waals surface area (Å²) in [7, 11) is 0. The first-order chi connectivity index (χ1) is 7.96. The number of anilines is 1. The summed E-state index contributed by atoms with van der Waals surface area (Å²) in [6, 6.07) is 2.76. The molecule has 0 aromatic carbocycles. The minimum atomic E-state index is -2.77. The summed E-state index contributed by atoms with van der Waals surface area (Å²) in [6.45, 7) is -0.468. The van der Waals surface area contributed by atoms with E-state index in [2.05, 4.69) is 26.2 Å². The number of halogens is 3. The molecule has 0 unspecified atom stereocenters. The van der Waals surface area contributed by atoms with Gasteiger partial charge in [-0.15, -0.1) is 0 Å². The van der Waals surface area contributed by atoms with E-state index in [4.69, 9.17) is 0 Å². The molecule has 1 saturated heterocycles. The Morgan fingerprint density at radius 3 is 2.82 bits per heavy atom. The summed E-state index contributed by atoms with van der Waals surface area (Å²) in [4.78, 5) is 16.6. The molecule has 2 amide bonds. The highest BCUT2D eigenvalue weighted by Crippen LogP contribution is 2.27. The number of hydrogen-bond donors (Lipinski definition) is 1. The lowest BCUT2D eigenvalue weighted by molar-refractivity contribution is 0.0159. The van der Waals surface area contributed by atoms with Crippen LogP contribution in [0.1, 0.15) is 6.42 Å². The monoisotopic (exact) mass is 305 g/mol. The minimum absolute atomic E-state index is 0.0648. The highest BCUT2D eigenvalue weighted by Gasteiger charge is 2.40. The van der Waals surface area contributed by atoms with E-state index >= 15 is 0 Å². The Labute approximate surface area is 105 Å². The third kappa shape index (κ3) is 3.12. The van der Waals surface area contributed by atoms with Crippen LogP contribution >= 0.6 is 15.9 Å². The van der Waals surface area contributed by atoms with E-state index < -0.39 is 18.5 Å². The molecule has 0 aliphatic carbocycles. The van der Waals surface area contributed by atoms with E-state index in [0.717, 1.165) is 9.37 Å². The molecule has 0 saturated carbocycles. The molecule has 1 aromatic rings. The fraction of sp³-hybridized carbons (Fsp3) is 0.400. The number of aromatic nitrogens is 1. The summed E-state index contributed by atoms with van der Waals surface area (Å²) in [6.07, 6.45) is 1.24. The van der Waals surface area contributed by atoms with Crippen molar-refractivity contribution >= 4 is 27.8 Å². The summed E-state index contributed by atoms with van der Waals surface area (Å²) < 4.78 is 26.6. The maximum atomic E-state index is 12.9. The third-order valence-corrected chi connectivity index (χ3v) is 2.89. The average molecular weight is 306 g/mol. The van der Waals surface area contributed by atoms with Gasteiger partial charge < -0.3 is 4.90 Å². The molecular formula is C10H10BrF2N3O. The van der Waals surface area contributed by atoms with Gasteiger partial charge in [0.2, 0.25) is 0 Å². The lowest BCUT2D eigenvalue weighted by atomic mass is 10.3. The number of hydrogen-bond acceptors (Lipinski definition) is 2. The molecule has 92 valence electrons. The van der Waals surface area contributed by atoms with Crippen LogP contribution in [0.3, 0.4) is 0 Å². The van der Waals surface area contributed by atoms with Gasteiger partial charge in [0.15, 0.2) is 0 Å². The first-order valence-corrected chi connectivity index (χ1v) is 5.81. The predicted octanol–water partition coefficient (Wildman–Crippen LogP) is 2.72. The summed E-state index contributed by atoms with van der Waals surface area (Å²) in [5.41, 5.74) is 0. The molecule has 1 fully saturated rings. The lowest BCUT2D eigenvalue weighted by Crippen LogP contribution is -2.35. The molecule has 0 atom stereocenters. The first kappa shape index (κ1) is 12.2. The highest BCUT2D eigenvalue weighted by molar-refractivity contribution is 9.10. The normalized spacial score (nSPS) is 18.2. The Balaban J connectivity index is 1.96. The standard InChI is InChI=1S/C10H10BrF2N3O/c11-7-1-2-8(14-5-7)15-9(17)16-4-3-10(12,13)6-16/h1-2,5H,3-4,6H2,(H,14,15,17). The SMILES string of the molecule is O=C(Nc1ccc(Br)cn1)N1CCC(F)(F)C1. The van der Waals surface area contributed by atoms with Crippen molar-refractivity contribution in [1.29, 1.82) is 0 Å². The lowest BCUT2D eigenvalue weighted by Gasteiger charge is -2.16. The van der Waals surface area contributed by atoms with Gasteiger partial charge in [0, 0.05) is 23.6 Å². The van der Waals surface area contributed by atoms with Crippen LogP contribution in [0.15, 0.2) is 22.8 Å². The molecule has 7 heteroatoms. The van der Waals surface area contributed by atoms with Crippen molar-refractivity contribution in [2.24, 2.45) is 0 Å². The van der Waals surface area contributed by atoms with Gasteiger partial charge in [-0.05, 0) is 28.1 Å². The van der Waals surface area contributed by atoms with Gasteiger partial charge in [-0.25, -0.2) is 18.6 Å². The number of likely N-dealkylation sites (tertiary alicyclic amines) is 1. The van der Waals surface area contributed by atoms with Gasteiger partial charge in [0.25, 0.3) is 5.92 Å². The largest absolute Gasteiger partial charge is 0.323 e. The molecule has 1 aliphatic rings. The minimum Gasteiger partial charge on any atom is -0.318 e. The molecule has 0 bridgehead atoms. The van der Waals surface area contributed by atoms with Crippen LogP contribution in [-0.4, -0.2) is 34.9 Å². The molecule has 2 rings (SSSR count). The van der Waals surface area contributed by atoms with Gasteiger partial charge in [0.1, 0.15) is 5.82 Å². The Morgan fingerprint density at radius 2 is 2.29 bits per heavy atom. The van der Waals surface area contributed by atoms with Gasteiger partial charge in [-0.1, -0.05) is 0 Å². The smallest absolute Gasteiger partial charge is 0.318 e. The number of amides is 2.